The lowest BCUT2D eigenvalue weighted by atomic mass is 10.1. The van der Waals surface area contributed by atoms with Crippen LogP contribution in [0, 0.1) is 18.8 Å². The Bertz CT molecular complexity index is 898. The molecule has 0 aliphatic rings. The first-order valence-electron chi connectivity index (χ1n) is 6.81. The molecule has 0 amide bonds. The van der Waals surface area contributed by atoms with Crippen LogP contribution < -0.4 is 10.6 Å². The Balaban J connectivity index is 2.06. The maximum Gasteiger partial charge on any atom is 0.155 e. The summed E-state index contributed by atoms with van der Waals surface area (Å²) in [6.45, 7) is 1.95. The number of pyridine rings is 1. The van der Waals surface area contributed by atoms with Crippen LogP contribution in [-0.4, -0.2) is 33.7 Å². The lowest BCUT2D eigenvalue weighted by molar-refractivity contribution is 0.892. The van der Waals surface area contributed by atoms with Crippen molar-refractivity contribution in [3.63, 3.8) is 0 Å². The number of aromatic nitrogens is 4. The monoisotopic (exact) mass is 292 g/mol. The number of nitrogens with zero attached hydrogens (tertiary/aromatic N) is 5. The minimum Gasteiger partial charge on any atom is -0.384 e. The van der Waals surface area contributed by atoms with Gasteiger partial charge in [-0.3, -0.25) is 0 Å². The third-order valence-electron chi connectivity index (χ3n) is 3.26. The van der Waals surface area contributed by atoms with Crippen LogP contribution in [0.2, 0.25) is 0 Å². The van der Waals surface area contributed by atoms with Gasteiger partial charge in [0.2, 0.25) is 0 Å². The topological polar surface area (TPSA) is 72.3 Å². The quantitative estimate of drug-likeness (QED) is 0.688. The summed E-state index contributed by atoms with van der Waals surface area (Å²) in [6, 6.07) is 5.61. The zero-order chi connectivity index (χ0) is 15.7. The standard InChI is InChI=1S/C16H16N6/c1-11-9-18-14(17)8-12(11)4-5-13-10-19-15-6-7-16(21(2)3)20-22(13)15/h6-10H,1-3H3,(H2,17,18). The Labute approximate surface area is 128 Å². The van der Waals surface area contributed by atoms with Crippen LogP contribution in [0.5, 0.6) is 0 Å². The fraction of sp³-hybridized carbons (Fsp3) is 0.188. The van der Waals surface area contributed by atoms with E-state index < -0.39 is 0 Å². The predicted molar refractivity (Wildman–Crippen MR) is 86.7 cm³/mol. The van der Waals surface area contributed by atoms with Crippen molar-refractivity contribution in [3.8, 4) is 11.8 Å². The molecule has 3 heterocycles. The molecule has 3 aromatic rings. The molecular formula is C16H16N6. The van der Waals surface area contributed by atoms with E-state index in [0.717, 1.165) is 28.3 Å². The van der Waals surface area contributed by atoms with Gasteiger partial charge in [-0.2, -0.15) is 0 Å². The number of imidazole rings is 1. The van der Waals surface area contributed by atoms with Crippen LogP contribution in [0.25, 0.3) is 5.65 Å². The minimum atomic E-state index is 0.459. The zero-order valence-corrected chi connectivity index (χ0v) is 12.7. The van der Waals surface area contributed by atoms with E-state index in [1.54, 1.807) is 23.0 Å². The van der Waals surface area contributed by atoms with Gasteiger partial charge in [0.1, 0.15) is 17.3 Å². The summed E-state index contributed by atoms with van der Waals surface area (Å²) in [5.74, 6) is 7.52. The molecule has 22 heavy (non-hydrogen) atoms. The third kappa shape index (κ3) is 2.56. The first-order chi connectivity index (χ1) is 10.5. The average molecular weight is 292 g/mol. The van der Waals surface area contributed by atoms with Crippen molar-refractivity contribution >= 4 is 17.3 Å². The fourth-order valence-electron chi connectivity index (χ4n) is 1.99. The first kappa shape index (κ1) is 13.9. The molecule has 0 atom stereocenters. The molecule has 3 rings (SSSR count). The molecule has 6 heteroatoms. The normalized spacial score (nSPS) is 10.3. The van der Waals surface area contributed by atoms with Crippen molar-refractivity contribution in [3.05, 3.63) is 47.4 Å². The van der Waals surface area contributed by atoms with Crippen LogP contribution in [-0.2, 0) is 0 Å². The molecule has 2 N–H and O–H groups in total. The number of anilines is 2. The first-order valence-corrected chi connectivity index (χ1v) is 6.81. The molecule has 0 saturated carbocycles. The Morgan fingerprint density at radius 1 is 1.14 bits per heavy atom. The Morgan fingerprint density at radius 2 is 1.95 bits per heavy atom. The lowest BCUT2D eigenvalue weighted by Crippen LogP contribution is -2.12. The molecular weight excluding hydrogens is 276 g/mol. The van der Waals surface area contributed by atoms with Crippen LogP contribution in [0.3, 0.4) is 0 Å². The van der Waals surface area contributed by atoms with Crippen molar-refractivity contribution in [1.82, 2.24) is 19.6 Å². The van der Waals surface area contributed by atoms with Crippen molar-refractivity contribution in [1.29, 1.82) is 0 Å². The molecule has 0 radical (unpaired) electrons. The second-order valence-corrected chi connectivity index (χ2v) is 5.17. The molecule has 6 nitrogen and oxygen atoms in total. The summed E-state index contributed by atoms with van der Waals surface area (Å²) >= 11 is 0. The molecule has 0 spiro atoms. The van der Waals surface area contributed by atoms with E-state index in [0.29, 0.717) is 5.82 Å². The highest BCUT2D eigenvalue weighted by Crippen LogP contribution is 2.11. The van der Waals surface area contributed by atoms with Crippen molar-refractivity contribution in [2.24, 2.45) is 0 Å². The Morgan fingerprint density at radius 3 is 2.73 bits per heavy atom. The van der Waals surface area contributed by atoms with Crippen molar-refractivity contribution < 1.29 is 0 Å². The summed E-state index contributed by atoms with van der Waals surface area (Å²) in [5.41, 5.74) is 9.04. The number of hydrogen-bond donors (Lipinski definition) is 1. The molecule has 0 unspecified atom stereocenters. The van der Waals surface area contributed by atoms with E-state index in [-0.39, 0.29) is 0 Å². The van der Waals surface area contributed by atoms with Gasteiger partial charge < -0.3 is 10.6 Å². The highest BCUT2D eigenvalue weighted by atomic mass is 15.3. The van der Waals surface area contributed by atoms with E-state index in [1.165, 1.54) is 0 Å². The summed E-state index contributed by atoms with van der Waals surface area (Å²) in [5, 5.41) is 4.53. The molecule has 110 valence electrons. The third-order valence-corrected chi connectivity index (χ3v) is 3.26. The molecule has 0 bridgehead atoms. The molecule has 3 aromatic heterocycles. The average Bonchev–Trinajstić information content (AvgIpc) is 2.90. The Hall–Kier alpha value is -3.07. The van der Waals surface area contributed by atoms with Gasteiger partial charge in [0.15, 0.2) is 5.65 Å². The van der Waals surface area contributed by atoms with Gasteiger partial charge >= 0.3 is 0 Å². The minimum absolute atomic E-state index is 0.459. The van der Waals surface area contributed by atoms with Crippen LogP contribution in [0.15, 0.2) is 30.6 Å². The smallest absolute Gasteiger partial charge is 0.155 e. The molecule has 0 saturated heterocycles. The van der Waals surface area contributed by atoms with Crippen molar-refractivity contribution in [2.75, 3.05) is 24.7 Å². The van der Waals surface area contributed by atoms with Crippen LogP contribution in [0.1, 0.15) is 16.8 Å². The summed E-state index contributed by atoms with van der Waals surface area (Å²) in [4.78, 5) is 10.3. The number of rotatable bonds is 1. The number of nitrogens with two attached hydrogens (primary N) is 1. The van der Waals surface area contributed by atoms with Crippen LogP contribution >= 0.6 is 0 Å². The largest absolute Gasteiger partial charge is 0.384 e. The van der Waals surface area contributed by atoms with Crippen LogP contribution in [0.4, 0.5) is 11.6 Å². The maximum atomic E-state index is 5.71. The van der Waals surface area contributed by atoms with Crippen molar-refractivity contribution in [2.45, 2.75) is 6.92 Å². The van der Waals surface area contributed by atoms with Gasteiger partial charge in [-0.05, 0) is 36.6 Å². The fourth-order valence-corrected chi connectivity index (χ4v) is 1.99. The number of fused-ring (bicyclic) bond motifs is 1. The van der Waals surface area contributed by atoms with Gasteiger partial charge in [-0.1, -0.05) is 5.92 Å². The number of hydrogen-bond acceptors (Lipinski definition) is 5. The molecule has 0 aliphatic carbocycles. The molecule has 0 aliphatic heterocycles. The van der Waals surface area contributed by atoms with E-state index in [9.17, 15) is 0 Å². The summed E-state index contributed by atoms with van der Waals surface area (Å²) < 4.78 is 1.74. The van der Waals surface area contributed by atoms with Gasteiger partial charge in [0.05, 0.1) is 6.20 Å². The van der Waals surface area contributed by atoms with E-state index in [1.807, 2.05) is 38.1 Å². The van der Waals surface area contributed by atoms with Gasteiger partial charge in [0, 0.05) is 25.9 Å². The van der Waals surface area contributed by atoms with Gasteiger partial charge in [-0.15, -0.1) is 5.10 Å². The highest BCUT2D eigenvalue weighted by Gasteiger charge is 2.05. The zero-order valence-electron chi connectivity index (χ0n) is 12.7. The van der Waals surface area contributed by atoms with Gasteiger partial charge in [-0.25, -0.2) is 14.5 Å². The van der Waals surface area contributed by atoms with E-state index in [2.05, 4.69) is 26.9 Å². The second-order valence-electron chi connectivity index (χ2n) is 5.17. The second kappa shape index (κ2) is 5.37. The van der Waals surface area contributed by atoms with E-state index in [4.69, 9.17) is 5.73 Å². The summed E-state index contributed by atoms with van der Waals surface area (Å²) in [6.07, 6.45) is 3.44. The number of nitrogen functional groups attached to an aromatic ring is 1. The SMILES string of the molecule is Cc1cnc(N)cc1C#Cc1cnc2ccc(N(C)C)nn12. The van der Waals surface area contributed by atoms with E-state index >= 15 is 0 Å². The molecule has 0 aromatic carbocycles. The molecule has 0 fully saturated rings. The Kier molecular flexibility index (Phi) is 3.39. The highest BCUT2D eigenvalue weighted by molar-refractivity contribution is 5.52. The lowest BCUT2D eigenvalue weighted by Gasteiger charge is -2.10. The summed E-state index contributed by atoms with van der Waals surface area (Å²) in [7, 11) is 3.89. The maximum absolute atomic E-state index is 5.71. The predicted octanol–water partition coefficient (Wildman–Crippen LogP) is 1.48. The number of aryl methyl sites for hydroxylation is 1. The van der Waals surface area contributed by atoms with Gasteiger partial charge in [0.25, 0.3) is 0 Å².